The molecule has 0 aromatic heterocycles. The predicted octanol–water partition coefficient (Wildman–Crippen LogP) is 4.66. The Morgan fingerprint density at radius 2 is 1.80 bits per heavy atom. The average molecular weight is 366 g/mol. The lowest BCUT2D eigenvalue weighted by molar-refractivity contribution is -0.137. The van der Waals surface area contributed by atoms with Crippen molar-refractivity contribution < 1.29 is 18.0 Å². The minimum Gasteiger partial charge on any atom is -0.334 e. The van der Waals surface area contributed by atoms with Crippen molar-refractivity contribution in [1.29, 1.82) is 0 Å². The van der Waals surface area contributed by atoms with E-state index < -0.39 is 11.7 Å². The van der Waals surface area contributed by atoms with Gasteiger partial charge in [0.05, 0.1) is 5.56 Å². The molecule has 1 aliphatic rings. The Kier molecular flexibility index (Phi) is 5.22. The molecule has 1 atom stereocenters. The van der Waals surface area contributed by atoms with Crippen LogP contribution in [0.4, 0.5) is 18.0 Å². The molecule has 3 rings (SSSR count). The number of thioether (sulfide) groups is 1. The van der Waals surface area contributed by atoms with Crippen LogP contribution in [0, 0.1) is 0 Å². The molecule has 0 saturated carbocycles. The number of benzene rings is 2. The first-order valence-electron chi connectivity index (χ1n) is 7.82. The van der Waals surface area contributed by atoms with Gasteiger partial charge in [0.1, 0.15) is 5.37 Å². The van der Waals surface area contributed by atoms with Gasteiger partial charge in [0.25, 0.3) is 0 Å². The van der Waals surface area contributed by atoms with Crippen molar-refractivity contribution >= 4 is 17.8 Å². The van der Waals surface area contributed by atoms with Crippen LogP contribution in [0.1, 0.15) is 22.1 Å². The molecule has 2 aromatic carbocycles. The first-order chi connectivity index (χ1) is 11.9. The molecule has 7 heteroatoms. The monoisotopic (exact) mass is 366 g/mol. The summed E-state index contributed by atoms with van der Waals surface area (Å²) >= 11 is 1.55. The number of hydrogen-bond acceptors (Lipinski definition) is 2. The summed E-state index contributed by atoms with van der Waals surface area (Å²) in [6, 6.07) is 14.4. The lowest BCUT2D eigenvalue weighted by Crippen LogP contribution is -2.39. The molecule has 2 aromatic rings. The van der Waals surface area contributed by atoms with Crippen LogP contribution in [-0.4, -0.2) is 23.2 Å². The fourth-order valence-corrected chi connectivity index (χ4v) is 3.92. The van der Waals surface area contributed by atoms with Crippen LogP contribution in [0.3, 0.4) is 0 Å². The lowest BCUT2D eigenvalue weighted by Gasteiger charge is -2.24. The molecule has 0 radical (unpaired) electrons. The topological polar surface area (TPSA) is 32.3 Å². The summed E-state index contributed by atoms with van der Waals surface area (Å²) in [6.45, 7) is 0.984. The van der Waals surface area contributed by atoms with Crippen molar-refractivity contribution in [2.45, 2.75) is 18.1 Å². The molecular weight excluding hydrogens is 349 g/mol. The van der Waals surface area contributed by atoms with E-state index in [2.05, 4.69) is 5.32 Å². The second-order valence-electron chi connectivity index (χ2n) is 5.68. The molecule has 1 unspecified atom stereocenters. The Balaban J connectivity index is 1.66. The van der Waals surface area contributed by atoms with Gasteiger partial charge in [0, 0.05) is 18.8 Å². The Bertz CT molecular complexity index is 719. The number of nitrogens with zero attached hydrogens (tertiary/aromatic N) is 1. The van der Waals surface area contributed by atoms with Crippen LogP contribution < -0.4 is 5.32 Å². The third kappa shape index (κ3) is 4.28. The van der Waals surface area contributed by atoms with Crippen molar-refractivity contribution in [2.24, 2.45) is 0 Å². The number of alkyl halides is 3. The van der Waals surface area contributed by atoms with Gasteiger partial charge < -0.3 is 10.2 Å². The number of hydrogen-bond donors (Lipinski definition) is 1. The Hall–Kier alpha value is -2.15. The molecule has 1 heterocycles. The molecule has 3 nitrogen and oxygen atoms in total. The molecule has 25 heavy (non-hydrogen) atoms. The maximum atomic E-state index is 12.7. The zero-order chi connectivity index (χ0) is 17.9. The molecule has 1 aliphatic heterocycles. The van der Waals surface area contributed by atoms with Crippen LogP contribution >= 0.6 is 11.8 Å². The van der Waals surface area contributed by atoms with Crippen molar-refractivity contribution in [3.8, 4) is 0 Å². The average Bonchev–Trinajstić information content (AvgIpc) is 3.10. The van der Waals surface area contributed by atoms with E-state index in [4.69, 9.17) is 0 Å². The van der Waals surface area contributed by atoms with Gasteiger partial charge >= 0.3 is 12.2 Å². The zero-order valence-electron chi connectivity index (χ0n) is 13.3. The highest BCUT2D eigenvalue weighted by Crippen LogP contribution is 2.39. The number of nitrogens with one attached hydrogen (secondary N) is 1. The Morgan fingerprint density at radius 3 is 2.44 bits per heavy atom. The highest BCUT2D eigenvalue weighted by molar-refractivity contribution is 7.99. The van der Waals surface area contributed by atoms with Crippen LogP contribution in [0.5, 0.6) is 0 Å². The van der Waals surface area contributed by atoms with Crippen molar-refractivity contribution in [3.05, 3.63) is 71.3 Å². The minimum absolute atomic E-state index is 0.209. The van der Waals surface area contributed by atoms with Gasteiger partial charge in [-0.15, -0.1) is 11.8 Å². The number of amides is 2. The van der Waals surface area contributed by atoms with Crippen molar-refractivity contribution in [2.75, 3.05) is 12.3 Å². The molecule has 0 bridgehead atoms. The van der Waals surface area contributed by atoms with E-state index in [1.54, 1.807) is 16.7 Å². The van der Waals surface area contributed by atoms with Gasteiger partial charge in [0.15, 0.2) is 0 Å². The summed E-state index contributed by atoms with van der Waals surface area (Å²) in [5.74, 6) is 0.754. The van der Waals surface area contributed by atoms with E-state index >= 15 is 0 Å². The predicted molar refractivity (Wildman–Crippen MR) is 92.0 cm³/mol. The number of carbonyl (C=O) groups is 1. The van der Waals surface area contributed by atoms with Gasteiger partial charge in [-0.1, -0.05) is 42.5 Å². The second-order valence-corrected chi connectivity index (χ2v) is 6.87. The van der Waals surface area contributed by atoms with E-state index in [9.17, 15) is 18.0 Å². The summed E-state index contributed by atoms with van der Waals surface area (Å²) in [4.78, 5) is 14.1. The fraction of sp³-hybridized carbons (Fsp3) is 0.278. The van der Waals surface area contributed by atoms with Gasteiger partial charge in [0.2, 0.25) is 0 Å². The molecule has 0 aliphatic carbocycles. The summed E-state index contributed by atoms with van der Waals surface area (Å²) in [6.07, 6.45) is -4.35. The lowest BCUT2D eigenvalue weighted by atomic mass is 10.1. The molecule has 2 amide bonds. The molecule has 1 N–H and O–H groups in total. The SMILES string of the molecule is O=C(NCc1ccccc1)N1CCSC1c1ccc(C(F)(F)F)cc1. The largest absolute Gasteiger partial charge is 0.416 e. The highest BCUT2D eigenvalue weighted by atomic mass is 32.2. The smallest absolute Gasteiger partial charge is 0.334 e. The van der Waals surface area contributed by atoms with Crippen molar-refractivity contribution in [1.82, 2.24) is 10.2 Å². The zero-order valence-corrected chi connectivity index (χ0v) is 14.1. The fourth-order valence-electron chi connectivity index (χ4n) is 2.67. The number of urea groups is 1. The normalized spacial score (nSPS) is 17.6. The number of rotatable bonds is 3. The van der Waals surface area contributed by atoms with Gasteiger partial charge in [-0.3, -0.25) is 0 Å². The molecule has 132 valence electrons. The van der Waals surface area contributed by atoms with Crippen LogP contribution in [0.25, 0.3) is 0 Å². The van der Waals surface area contributed by atoms with E-state index in [-0.39, 0.29) is 11.4 Å². The second kappa shape index (κ2) is 7.39. The number of carbonyl (C=O) groups excluding carboxylic acids is 1. The Morgan fingerprint density at radius 1 is 1.12 bits per heavy atom. The van der Waals surface area contributed by atoms with Gasteiger partial charge in [-0.2, -0.15) is 13.2 Å². The molecule has 1 saturated heterocycles. The molecule has 0 spiro atoms. The van der Waals surface area contributed by atoms with E-state index in [1.165, 1.54) is 12.1 Å². The summed E-state index contributed by atoms with van der Waals surface area (Å²) in [7, 11) is 0. The van der Waals surface area contributed by atoms with Gasteiger partial charge in [-0.25, -0.2) is 4.79 Å². The maximum Gasteiger partial charge on any atom is 0.416 e. The van der Waals surface area contributed by atoms with Crippen LogP contribution in [-0.2, 0) is 12.7 Å². The van der Waals surface area contributed by atoms with Crippen LogP contribution in [0.15, 0.2) is 54.6 Å². The van der Waals surface area contributed by atoms with Crippen LogP contribution in [0.2, 0.25) is 0 Å². The van der Waals surface area contributed by atoms with E-state index in [0.29, 0.717) is 18.7 Å². The molecule has 1 fully saturated rings. The van der Waals surface area contributed by atoms with E-state index in [1.807, 2.05) is 30.3 Å². The quantitative estimate of drug-likeness (QED) is 0.857. The van der Waals surface area contributed by atoms with Gasteiger partial charge in [-0.05, 0) is 23.3 Å². The maximum absolute atomic E-state index is 12.7. The summed E-state index contributed by atoms with van der Waals surface area (Å²) < 4.78 is 38.1. The third-order valence-corrected chi connectivity index (χ3v) is 5.22. The standard InChI is InChI=1S/C18H17F3N2OS/c19-18(20,21)15-8-6-14(7-9-15)16-23(10-11-25-16)17(24)22-12-13-4-2-1-3-5-13/h1-9,16H,10-12H2,(H,22,24). The third-order valence-electron chi connectivity index (χ3n) is 3.96. The first kappa shape index (κ1) is 17.7. The molecular formula is C18H17F3N2OS. The summed E-state index contributed by atoms with van der Waals surface area (Å²) in [5.41, 5.74) is 1.01. The highest BCUT2D eigenvalue weighted by Gasteiger charge is 2.33. The first-order valence-corrected chi connectivity index (χ1v) is 8.87. The summed E-state index contributed by atoms with van der Waals surface area (Å²) in [5, 5.41) is 2.60. The van der Waals surface area contributed by atoms with Crippen molar-refractivity contribution in [3.63, 3.8) is 0 Å². The van der Waals surface area contributed by atoms with E-state index in [0.717, 1.165) is 23.4 Å². The number of halogens is 3. The minimum atomic E-state index is -4.35. The Labute approximate surface area is 148 Å².